The fraction of sp³-hybridized carbons (Fsp3) is 0. The Balaban J connectivity index is 0.868. The molecular formula is C64H42N2O. The lowest BCUT2D eigenvalue weighted by atomic mass is 9.97. The fourth-order valence-electron chi connectivity index (χ4n) is 10.2. The fourth-order valence-corrected chi connectivity index (χ4v) is 10.2. The van der Waals surface area contributed by atoms with E-state index >= 15 is 0 Å². The van der Waals surface area contributed by atoms with Crippen molar-refractivity contribution in [3.8, 4) is 50.2 Å². The van der Waals surface area contributed by atoms with Gasteiger partial charge in [-0.2, -0.15) is 0 Å². The van der Waals surface area contributed by atoms with Crippen LogP contribution in [0.2, 0.25) is 0 Å². The van der Waals surface area contributed by atoms with Gasteiger partial charge in [-0.1, -0.05) is 194 Å². The Morgan fingerprint density at radius 2 is 0.701 bits per heavy atom. The molecule has 0 aliphatic rings. The van der Waals surface area contributed by atoms with Gasteiger partial charge >= 0.3 is 0 Å². The molecule has 314 valence electrons. The minimum absolute atomic E-state index is 0.910. The van der Waals surface area contributed by atoms with Gasteiger partial charge in [-0.05, 0) is 105 Å². The Labute approximate surface area is 388 Å². The Hall–Kier alpha value is -8.92. The van der Waals surface area contributed by atoms with Crippen LogP contribution in [0.3, 0.4) is 0 Å². The molecule has 11 aromatic carbocycles. The van der Waals surface area contributed by atoms with E-state index in [4.69, 9.17) is 4.42 Å². The van der Waals surface area contributed by atoms with Crippen molar-refractivity contribution in [2.75, 3.05) is 4.90 Å². The van der Waals surface area contributed by atoms with Gasteiger partial charge < -0.3 is 13.9 Å². The molecule has 0 amide bonds. The van der Waals surface area contributed by atoms with Gasteiger partial charge in [0.05, 0.1) is 16.7 Å². The van der Waals surface area contributed by atoms with E-state index in [0.717, 1.165) is 72.5 Å². The van der Waals surface area contributed by atoms with Gasteiger partial charge in [-0.15, -0.1) is 0 Å². The van der Waals surface area contributed by atoms with Crippen molar-refractivity contribution in [2.45, 2.75) is 0 Å². The van der Waals surface area contributed by atoms with Crippen molar-refractivity contribution >= 4 is 71.6 Å². The summed E-state index contributed by atoms with van der Waals surface area (Å²) >= 11 is 0. The van der Waals surface area contributed by atoms with E-state index in [1.54, 1.807) is 0 Å². The van der Waals surface area contributed by atoms with Crippen LogP contribution in [0.1, 0.15) is 0 Å². The van der Waals surface area contributed by atoms with Gasteiger partial charge in [0.25, 0.3) is 0 Å². The van der Waals surface area contributed by atoms with Gasteiger partial charge in [0.1, 0.15) is 11.2 Å². The largest absolute Gasteiger partial charge is 0.455 e. The molecule has 0 bridgehead atoms. The summed E-state index contributed by atoms with van der Waals surface area (Å²) in [4.78, 5) is 2.36. The summed E-state index contributed by atoms with van der Waals surface area (Å²) in [5, 5.41) is 7.28. The van der Waals surface area contributed by atoms with Crippen LogP contribution in [-0.2, 0) is 0 Å². The number of para-hydroxylation sites is 5. The zero-order valence-corrected chi connectivity index (χ0v) is 36.6. The summed E-state index contributed by atoms with van der Waals surface area (Å²) in [5.74, 6) is 0. The average Bonchev–Trinajstić information content (AvgIpc) is 3.95. The van der Waals surface area contributed by atoms with Crippen LogP contribution < -0.4 is 4.90 Å². The number of aromatic nitrogens is 1. The van der Waals surface area contributed by atoms with Crippen molar-refractivity contribution in [3.05, 3.63) is 255 Å². The average molecular weight is 855 g/mol. The zero-order valence-electron chi connectivity index (χ0n) is 36.6. The number of nitrogens with zero attached hydrogens (tertiary/aromatic N) is 2. The molecule has 0 aliphatic carbocycles. The van der Waals surface area contributed by atoms with E-state index in [0.29, 0.717) is 0 Å². The van der Waals surface area contributed by atoms with E-state index in [9.17, 15) is 0 Å². The van der Waals surface area contributed by atoms with Gasteiger partial charge in [0.15, 0.2) is 0 Å². The number of furan rings is 1. The molecule has 0 aliphatic heterocycles. The third kappa shape index (κ3) is 6.59. The number of benzene rings is 11. The predicted molar refractivity (Wildman–Crippen MR) is 282 cm³/mol. The highest BCUT2D eigenvalue weighted by Crippen LogP contribution is 2.42. The standard InChI is InChI=1S/C64H42N2O/c1-2-15-52-45(13-1)14-11-20-53(52)46-33-39-50(40-34-46)65(49-37-31-44(32-38-49)43-27-29-48(30-28-43)55-21-12-22-59-58-19-6-10-26-63(58)67-64(55)59)51-41-35-47(36-42-51)54-16-3-7-23-60(54)66-61-24-8-4-17-56(61)57-18-5-9-25-62(57)66/h1-42H. The van der Waals surface area contributed by atoms with Crippen LogP contribution in [-0.4, -0.2) is 4.57 Å². The third-order valence-electron chi connectivity index (χ3n) is 13.4. The number of fused-ring (bicyclic) bond motifs is 7. The highest BCUT2D eigenvalue weighted by atomic mass is 16.3. The van der Waals surface area contributed by atoms with Crippen LogP contribution in [0.25, 0.3) is 105 Å². The first kappa shape index (κ1) is 38.5. The van der Waals surface area contributed by atoms with Crippen LogP contribution in [0.15, 0.2) is 259 Å². The molecular weight excluding hydrogens is 813 g/mol. The predicted octanol–water partition coefficient (Wildman–Crippen LogP) is 18.0. The summed E-state index contributed by atoms with van der Waals surface area (Å²) in [5.41, 5.74) is 17.9. The summed E-state index contributed by atoms with van der Waals surface area (Å²) in [6.45, 7) is 0. The second-order valence-corrected chi connectivity index (χ2v) is 17.2. The lowest BCUT2D eigenvalue weighted by Crippen LogP contribution is -2.09. The number of rotatable bonds is 8. The first-order chi connectivity index (χ1) is 33.2. The molecule has 0 saturated carbocycles. The second-order valence-electron chi connectivity index (χ2n) is 17.2. The van der Waals surface area contributed by atoms with Crippen LogP contribution in [0.5, 0.6) is 0 Å². The molecule has 13 aromatic rings. The number of hydrogen-bond acceptors (Lipinski definition) is 2. The summed E-state index contributed by atoms with van der Waals surface area (Å²) in [6, 6.07) is 91.8. The van der Waals surface area contributed by atoms with Crippen molar-refractivity contribution in [1.29, 1.82) is 0 Å². The van der Waals surface area contributed by atoms with E-state index in [1.165, 1.54) is 49.3 Å². The highest BCUT2D eigenvalue weighted by molar-refractivity contribution is 6.11. The molecule has 3 heteroatoms. The van der Waals surface area contributed by atoms with Crippen molar-refractivity contribution in [2.24, 2.45) is 0 Å². The normalized spacial score (nSPS) is 11.6. The Morgan fingerprint density at radius 3 is 1.37 bits per heavy atom. The van der Waals surface area contributed by atoms with E-state index in [2.05, 4.69) is 252 Å². The molecule has 2 aromatic heterocycles. The van der Waals surface area contributed by atoms with E-state index < -0.39 is 0 Å². The molecule has 67 heavy (non-hydrogen) atoms. The third-order valence-corrected chi connectivity index (χ3v) is 13.4. The molecule has 0 atom stereocenters. The van der Waals surface area contributed by atoms with Crippen molar-refractivity contribution in [3.63, 3.8) is 0 Å². The summed E-state index contributed by atoms with van der Waals surface area (Å²) < 4.78 is 8.79. The van der Waals surface area contributed by atoms with Gasteiger partial charge in [0, 0.05) is 49.7 Å². The van der Waals surface area contributed by atoms with Gasteiger partial charge in [0.2, 0.25) is 0 Å². The first-order valence-electron chi connectivity index (χ1n) is 22.9. The number of hydrogen-bond donors (Lipinski definition) is 0. The maximum Gasteiger partial charge on any atom is 0.143 e. The molecule has 13 rings (SSSR count). The molecule has 0 unspecified atom stereocenters. The van der Waals surface area contributed by atoms with Crippen LogP contribution in [0.4, 0.5) is 17.1 Å². The Morgan fingerprint density at radius 1 is 0.284 bits per heavy atom. The van der Waals surface area contributed by atoms with Crippen molar-refractivity contribution in [1.82, 2.24) is 4.57 Å². The molecule has 0 N–H and O–H groups in total. The summed E-state index contributed by atoms with van der Waals surface area (Å²) in [6.07, 6.45) is 0. The van der Waals surface area contributed by atoms with Gasteiger partial charge in [-0.3, -0.25) is 0 Å². The zero-order chi connectivity index (χ0) is 44.3. The highest BCUT2D eigenvalue weighted by Gasteiger charge is 2.18. The minimum atomic E-state index is 0.910. The molecule has 0 spiro atoms. The minimum Gasteiger partial charge on any atom is -0.455 e. The summed E-state index contributed by atoms with van der Waals surface area (Å²) in [7, 11) is 0. The number of anilines is 3. The molecule has 3 nitrogen and oxygen atoms in total. The molecule has 0 saturated heterocycles. The Bertz CT molecular complexity index is 3890. The molecule has 0 fully saturated rings. The second kappa shape index (κ2) is 16.0. The van der Waals surface area contributed by atoms with Crippen LogP contribution >= 0.6 is 0 Å². The van der Waals surface area contributed by atoms with E-state index in [1.807, 2.05) is 12.1 Å². The van der Waals surface area contributed by atoms with Gasteiger partial charge in [-0.25, -0.2) is 0 Å². The van der Waals surface area contributed by atoms with E-state index in [-0.39, 0.29) is 0 Å². The quantitative estimate of drug-likeness (QED) is 0.152. The van der Waals surface area contributed by atoms with Crippen LogP contribution in [0, 0.1) is 0 Å². The smallest absolute Gasteiger partial charge is 0.143 e. The topological polar surface area (TPSA) is 21.3 Å². The monoisotopic (exact) mass is 854 g/mol. The maximum absolute atomic E-state index is 6.38. The maximum atomic E-state index is 6.38. The first-order valence-corrected chi connectivity index (χ1v) is 22.9. The van der Waals surface area contributed by atoms with Crippen molar-refractivity contribution < 1.29 is 4.42 Å². The lowest BCUT2D eigenvalue weighted by molar-refractivity contribution is 0.670. The molecule has 0 radical (unpaired) electrons. The molecule has 2 heterocycles. The Kier molecular flexibility index (Phi) is 9.17. The lowest BCUT2D eigenvalue weighted by Gasteiger charge is -2.26. The SMILES string of the molecule is c1ccc(-n2c3ccccc3c3ccccc32)c(-c2ccc(N(c3ccc(-c4ccc(-c5cccc6c5oc5ccccc56)cc4)cc3)c3ccc(-c4cccc5ccccc45)cc3)cc2)c1.